The highest BCUT2D eigenvalue weighted by atomic mass is 19.2. The standard InChI is InChI=1S/C16H22F2/c1-11-3-4-13(9-12(11)2)5-6-14-7-8-15(17)16(18)10-14/h7-8,10-13H,3-6,9H2,1-2H3. The Morgan fingerprint density at radius 3 is 2.50 bits per heavy atom. The Balaban J connectivity index is 1.86. The van der Waals surface area contributed by atoms with Gasteiger partial charge in [0.1, 0.15) is 0 Å². The van der Waals surface area contributed by atoms with E-state index >= 15 is 0 Å². The molecule has 0 amide bonds. The van der Waals surface area contributed by atoms with Crippen LogP contribution in [0.5, 0.6) is 0 Å². The van der Waals surface area contributed by atoms with Crippen molar-refractivity contribution in [2.45, 2.75) is 46.0 Å². The molecule has 0 nitrogen and oxygen atoms in total. The van der Waals surface area contributed by atoms with Crippen molar-refractivity contribution < 1.29 is 8.78 Å². The molecule has 0 saturated heterocycles. The van der Waals surface area contributed by atoms with Gasteiger partial charge in [0, 0.05) is 0 Å². The minimum Gasteiger partial charge on any atom is -0.204 e. The summed E-state index contributed by atoms with van der Waals surface area (Å²) < 4.78 is 25.9. The summed E-state index contributed by atoms with van der Waals surface area (Å²) in [6.45, 7) is 4.66. The summed E-state index contributed by atoms with van der Waals surface area (Å²) in [5, 5.41) is 0. The smallest absolute Gasteiger partial charge is 0.159 e. The number of benzene rings is 1. The van der Waals surface area contributed by atoms with Crippen molar-refractivity contribution in [2.24, 2.45) is 17.8 Å². The van der Waals surface area contributed by atoms with Gasteiger partial charge in [-0.3, -0.25) is 0 Å². The predicted octanol–water partition coefficient (Wildman–Crippen LogP) is 4.97. The second kappa shape index (κ2) is 5.81. The second-order valence-electron chi connectivity index (χ2n) is 5.92. The first-order valence-electron chi connectivity index (χ1n) is 7.00. The van der Waals surface area contributed by atoms with Crippen LogP contribution in [0, 0.1) is 29.4 Å². The molecule has 2 heteroatoms. The number of rotatable bonds is 3. The summed E-state index contributed by atoms with van der Waals surface area (Å²) >= 11 is 0. The molecule has 100 valence electrons. The Bertz CT molecular complexity index is 400. The summed E-state index contributed by atoms with van der Waals surface area (Å²) in [6.07, 6.45) is 5.84. The van der Waals surface area contributed by atoms with Crippen LogP contribution in [0.25, 0.3) is 0 Å². The number of hydrogen-bond acceptors (Lipinski definition) is 0. The maximum Gasteiger partial charge on any atom is 0.159 e. The second-order valence-corrected chi connectivity index (χ2v) is 5.92. The molecule has 0 bridgehead atoms. The third kappa shape index (κ3) is 3.30. The molecule has 3 unspecified atom stereocenters. The summed E-state index contributed by atoms with van der Waals surface area (Å²) in [5.74, 6) is 0.916. The van der Waals surface area contributed by atoms with Gasteiger partial charge in [-0.25, -0.2) is 8.78 Å². The van der Waals surface area contributed by atoms with E-state index in [4.69, 9.17) is 0 Å². The lowest BCUT2D eigenvalue weighted by atomic mass is 9.74. The first-order chi connectivity index (χ1) is 8.56. The van der Waals surface area contributed by atoms with E-state index in [-0.39, 0.29) is 0 Å². The molecular formula is C16H22F2. The van der Waals surface area contributed by atoms with Crippen molar-refractivity contribution in [2.75, 3.05) is 0 Å². The largest absolute Gasteiger partial charge is 0.204 e. The highest BCUT2D eigenvalue weighted by Crippen LogP contribution is 2.35. The van der Waals surface area contributed by atoms with Crippen LogP contribution in [0.2, 0.25) is 0 Å². The zero-order valence-electron chi connectivity index (χ0n) is 11.3. The van der Waals surface area contributed by atoms with Gasteiger partial charge in [-0.2, -0.15) is 0 Å². The first kappa shape index (κ1) is 13.5. The van der Waals surface area contributed by atoms with Gasteiger partial charge >= 0.3 is 0 Å². The van der Waals surface area contributed by atoms with Gasteiger partial charge in [0.25, 0.3) is 0 Å². The quantitative estimate of drug-likeness (QED) is 0.712. The molecule has 0 N–H and O–H groups in total. The number of aryl methyl sites for hydroxylation is 1. The minimum atomic E-state index is -0.751. The van der Waals surface area contributed by atoms with Gasteiger partial charge in [-0.05, 0) is 54.7 Å². The fraction of sp³-hybridized carbons (Fsp3) is 0.625. The molecule has 1 aliphatic rings. The van der Waals surface area contributed by atoms with E-state index in [1.807, 2.05) is 0 Å². The zero-order chi connectivity index (χ0) is 13.1. The maximum absolute atomic E-state index is 13.1. The van der Waals surface area contributed by atoms with Crippen molar-refractivity contribution >= 4 is 0 Å². The van der Waals surface area contributed by atoms with Crippen LogP contribution in [0.4, 0.5) is 8.78 Å². The van der Waals surface area contributed by atoms with Crippen LogP contribution in [-0.4, -0.2) is 0 Å². The number of hydrogen-bond donors (Lipinski definition) is 0. The van der Waals surface area contributed by atoms with Crippen LogP contribution in [0.1, 0.15) is 45.1 Å². The SMILES string of the molecule is CC1CCC(CCc2ccc(F)c(F)c2)CC1C. The molecule has 18 heavy (non-hydrogen) atoms. The van der Waals surface area contributed by atoms with Crippen LogP contribution in [-0.2, 0) is 6.42 Å². The molecule has 0 radical (unpaired) electrons. The summed E-state index contributed by atoms with van der Waals surface area (Å²) in [7, 11) is 0. The lowest BCUT2D eigenvalue weighted by molar-refractivity contribution is 0.200. The molecule has 1 aliphatic carbocycles. The lowest BCUT2D eigenvalue weighted by Gasteiger charge is -2.32. The molecule has 1 fully saturated rings. The molecule has 3 atom stereocenters. The Morgan fingerprint density at radius 2 is 1.83 bits per heavy atom. The topological polar surface area (TPSA) is 0 Å². The molecular weight excluding hydrogens is 230 g/mol. The molecule has 0 aromatic heterocycles. The maximum atomic E-state index is 13.1. The monoisotopic (exact) mass is 252 g/mol. The lowest BCUT2D eigenvalue weighted by Crippen LogP contribution is -2.21. The highest BCUT2D eigenvalue weighted by molar-refractivity contribution is 5.17. The summed E-state index contributed by atoms with van der Waals surface area (Å²) in [5.41, 5.74) is 0.917. The Kier molecular flexibility index (Phi) is 4.36. The third-order valence-electron chi connectivity index (χ3n) is 4.53. The first-order valence-corrected chi connectivity index (χ1v) is 7.00. The molecule has 1 saturated carbocycles. The predicted molar refractivity (Wildman–Crippen MR) is 70.3 cm³/mol. The van der Waals surface area contributed by atoms with Crippen LogP contribution in [0.15, 0.2) is 18.2 Å². The minimum absolute atomic E-state index is 0.724. The summed E-state index contributed by atoms with van der Waals surface area (Å²) in [4.78, 5) is 0. The molecule has 0 heterocycles. The Labute approximate surface area is 108 Å². The van der Waals surface area contributed by atoms with Crippen molar-refractivity contribution in [3.63, 3.8) is 0 Å². The normalized spacial score (nSPS) is 28.3. The fourth-order valence-corrected chi connectivity index (χ4v) is 2.99. The van der Waals surface area contributed by atoms with E-state index in [2.05, 4.69) is 13.8 Å². The molecule has 1 aromatic rings. The third-order valence-corrected chi connectivity index (χ3v) is 4.53. The zero-order valence-corrected chi connectivity index (χ0v) is 11.3. The molecule has 1 aromatic carbocycles. The van der Waals surface area contributed by atoms with Crippen molar-refractivity contribution in [3.8, 4) is 0 Å². The molecule has 0 spiro atoms. The van der Waals surface area contributed by atoms with Crippen LogP contribution < -0.4 is 0 Å². The number of halogens is 2. The summed E-state index contributed by atoms with van der Waals surface area (Å²) in [6, 6.07) is 4.27. The highest BCUT2D eigenvalue weighted by Gasteiger charge is 2.24. The van der Waals surface area contributed by atoms with E-state index in [0.717, 1.165) is 36.2 Å². The van der Waals surface area contributed by atoms with Gasteiger partial charge in [0.05, 0.1) is 0 Å². The van der Waals surface area contributed by atoms with Gasteiger partial charge < -0.3 is 0 Å². The van der Waals surface area contributed by atoms with Crippen LogP contribution >= 0.6 is 0 Å². The van der Waals surface area contributed by atoms with E-state index in [9.17, 15) is 8.78 Å². The van der Waals surface area contributed by atoms with Gasteiger partial charge in [0.15, 0.2) is 11.6 Å². The Morgan fingerprint density at radius 1 is 1.06 bits per heavy atom. The average Bonchev–Trinajstić information content (AvgIpc) is 2.35. The van der Waals surface area contributed by atoms with Crippen molar-refractivity contribution in [1.29, 1.82) is 0 Å². The average molecular weight is 252 g/mol. The van der Waals surface area contributed by atoms with E-state index in [0.29, 0.717) is 0 Å². The van der Waals surface area contributed by atoms with Crippen LogP contribution in [0.3, 0.4) is 0 Å². The van der Waals surface area contributed by atoms with Crippen molar-refractivity contribution in [3.05, 3.63) is 35.4 Å². The van der Waals surface area contributed by atoms with Gasteiger partial charge in [-0.15, -0.1) is 0 Å². The molecule has 2 rings (SSSR count). The Hall–Kier alpha value is -0.920. The molecule has 0 aliphatic heterocycles. The van der Waals surface area contributed by atoms with Gasteiger partial charge in [-0.1, -0.05) is 32.8 Å². The fourth-order valence-electron chi connectivity index (χ4n) is 2.99. The van der Waals surface area contributed by atoms with E-state index in [1.54, 1.807) is 6.07 Å². The van der Waals surface area contributed by atoms with E-state index in [1.165, 1.54) is 31.4 Å². The van der Waals surface area contributed by atoms with Gasteiger partial charge in [0.2, 0.25) is 0 Å². The van der Waals surface area contributed by atoms with E-state index < -0.39 is 11.6 Å². The van der Waals surface area contributed by atoms with Crippen molar-refractivity contribution in [1.82, 2.24) is 0 Å².